The number of allylic oxidation sites excluding steroid dienone is 3. The van der Waals surface area contributed by atoms with E-state index in [1.165, 1.54) is 11.1 Å². The molecule has 0 unspecified atom stereocenters. The smallest absolute Gasteiger partial charge is 0.166 e. The summed E-state index contributed by atoms with van der Waals surface area (Å²) < 4.78 is 0. The molecule has 1 aromatic carbocycles. The van der Waals surface area contributed by atoms with E-state index >= 15 is 0 Å². The van der Waals surface area contributed by atoms with Gasteiger partial charge in [0.25, 0.3) is 0 Å². The maximum Gasteiger partial charge on any atom is 0.166 e. The second-order valence-electron chi connectivity index (χ2n) is 11.7. The molecule has 4 heteroatoms. The Labute approximate surface area is 225 Å². The zero-order chi connectivity index (χ0) is 25.8. The molecule has 190 valence electrons. The molecule has 2 aromatic rings. The molecule has 0 saturated heterocycles. The average molecular weight is 512 g/mol. The van der Waals surface area contributed by atoms with Crippen molar-refractivity contribution in [2.45, 2.75) is 63.9 Å². The molecule has 1 heterocycles. The Morgan fingerprint density at radius 3 is 2.62 bits per heavy atom. The number of carbonyl (C=O) groups excluding carboxylic acids is 1. The minimum Gasteiger partial charge on any atom is -0.372 e. The van der Waals surface area contributed by atoms with Gasteiger partial charge in [0.1, 0.15) is 0 Å². The van der Waals surface area contributed by atoms with Crippen molar-refractivity contribution in [2.24, 2.45) is 29.1 Å². The fraction of sp³-hybridized carbons (Fsp3) is 0.455. The summed E-state index contributed by atoms with van der Waals surface area (Å²) in [4.78, 5) is 16.6. The highest BCUT2D eigenvalue weighted by Crippen LogP contribution is 2.67. The Kier molecular flexibility index (Phi) is 6.17. The van der Waals surface area contributed by atoms with Crippen LogP contribution in [0.15, 0.2) is 71.5 Å². The third kappa shape index (κ3) is 3.84. The molecule has 1 N–H and O–H groups in total. The molecular weight excluding hydrogens is 478 g/mol. The van der Waals surface area contributed by atoms with Crippen LogP contribution in [-0.4, -0.2) is 21.5 Å². The van der Waals surface area contributed by atoms with Crippen molar-refractivity contribution < 1.29 is 9.90 Å². The minimum absolute atomic E-state index is 0.254. The third-order valence-corrected chi connectivity index (χ3v) is 10.5. The lowest BCUT2D eigenvalue weighted by atomic mass is 9.43. The van der Waals surface area contributed by atoms with Crippen LogP contribution in [0, 0.1) is 40.9 Å². The number of nitrogens with zero attached hydrogens (tertiary/aromatic N) is 1. The molecule has 1 aromatic heterocycles. The molecule has 2 saturated carbocycles. The second-order valence-corrected chi connectivity index (χ2v) is 12.1. The number of ketones is 1. The maximum absolute atomic E-state index is 12.3. The van der Waals surface area contributed by atoms with Crippen LogP contribution in [0.2, 0.25) is 0 Å². The molecule has 0 amide bonds. The Bertz CT molecular complexity index is 1330. The van der Waals surface area contributed by atoms with Gasteiger partial charge in [0.05, 0.1) is 5.03 Å². The fourth-order valence-corrected chi connectivity index (χ4v) is 8.69. The van der Waals surface area contributed by atoms with Gasteiger partial charge in [-0.2, -0.15) is 0 Å². The van der Waals surface area contributed by atoms with Gasteiger partial charge in [0.15, 0.2) is 11.4 Å². The Hall–Kier alpha value is -2.67. The minimum atomic E-state index is -1.34. The van der Waals surface area contributed by atoms with Crippen LogP contribution >= 0.6 is 11.6 Å². The quantitative estimate of drug-likeness (QED) is 0.438. The summed E-state index contributed by atoms with van der Waals surface area (Å²) in [5.74, 6) is 8.30. The zero-order valence-corrected chi connectivity index (χ0v) is 22.3. The molecule has 4 aliphatic carbocycles. The first-order chi connectivity index (χ1) is 17.9. The topological polar surface area (TPSA) is 50.2 Å². The molecule has 37 heavy (non-hydrogen) atoms. The van der Waals surface area contributed by atoms with Gasteiger partial charge < -0.3 is 5.11 Å². The Balaban J connectivity index is 1.46. The lowest BCUT2D eigenvalue weighted by molar-refractivity contribution is -0.125. The van der Waals surface area contributed by atoms with Gasteiger partial charge in [0, 0.05) is 24.2 Å². The van der Waals surface area contributed by atoms with E-state index in [0.29, 0.717) is 35.1 Å². The van der Waals surface area contributed by atoms with E-state index in [4.69, 9.17) is 11.6 Å². The van der Waals surface area contributed by atoms with Crippen molar-refractivity contribution in [3.05, 3.63) is 77.1 Å². The summed E-state index contributed by atoms with van der Waals surface area (Å²) in [6.45, 7) is 4.01. The largest absolute Gasteiger partial charge is 0.372 e. The number of benzene rings is 1. The van der Waals surface area contributed by atoms with E-state index in [1.807, 2.05) is 24.4 Å². The average Bonchev–Trinajstić information content (AvgIpc) is 2.91. The number of fused-ring (bicyclic) bond motifs is 5. The summed E-state index contributed by atoms with van der Waals surface area (Å²) in [7, 11) is 0. The first kappa shape index (κ1) is 24.7. The number of hydrogen-bond acceptors (Lipinski definition) is 3. The predicted molar refractivity (Wildman–Crippen MR) is 148 cm³/mol. The molecule has 3 nitrogen and oxygen atoms in total. The Morgan fingerprint density at radius 1 is 1.08 bits per heavy atom. The first-order valence-corrected chi connectivity index (χ1v) is 14.0. The molecule has 7 atom stereocenters. The molecule has 0 spiro atoms. The van der Waals surface area contributed by atoms with E-state index in [2.05, 4.69) is 54.1 Å². The number of aliphatic hydroxyl groups is 1. The fourth-order valence-electron chi connectivity index (χ4n) is 8.34. The van der Waals surface area contributed by atoms with Crippen molar-refractivity contribution in [1.82, 2.24) is 4.98 Å². The lowest BCUT2D eigenvalue weighted by Crippen LogP contribution is -2.60. The van der Waals surface area contributed by atoms with Gasteiger partial charge >= 0.3 is 0 Å². The summed E-state index contributed by atoms with van der Waals surface area (Å²) in [6, 6.07) is 13.0. The van der Waals surface area contributed by atoms with Crippen molar-refractivity contribution in [1.29, 1.82) is 0 Å². The van der Waals surface area contributed by atoms with E-state index in [1.54, 1.807) is 13.1 Å². The van der Waals surface area contributed by atoms with E-state index in [0.717, 1.165) is 43.2 Å². The Morgan fingerprint density at radius 2 is 1.89 bits per heavy atom. The van der Waals surface area contributed by atoms with Crippen molar-refractivity contribution in [3.8, 4) is 23.0 Å². The highest BCUT2D eigenvalue weighted by Gasteiger charge is 2.63. The summed E-state index contributed by atoms with van der Waals surface area (Å²) in [5.41, 5.74) is 3.11. The number of rotatable bonds is 2. The van der Waals surface area contributed by atoms with Crippen LogP contribution in [0.3, 0.4) is 0 Å². The van der Waals surface area contributed by atoms with Crippen LogP contribution in [0.25, 0.3) is 11.1 Å². The van der Waals surface area contributed by atoms with Crippen LogP contribution in [-0.2, 0) is 4.79 Å². The van der Waals surface area contributed by atoms with Gasteiger partial charge in [-0.3, -0.25) is 9.78 Å². The standard InChI is InChI=1S/C33H34ClNO2/c1-3-16-33(37)30(34)15-14-29-27-12-10-23-18-25(36)11-13-26(23)31(27)28(19-32(29,33)2)22-8-6-21(7-9-22)24-5-4-17-35-20-24/h4-9,15,17-18,20,26-29,31,37H,10-14,19H2,1-2H3/t26-,27-,28+,29-,31+,32-,33-/m0/s1. The number of hydrogen-bond donors (Lipinski definition) is 1. The third-order valence-electron chi connectivity index (χ3n) is 10.1. The lowest BCUT2D eigenvalue weighted by Gasteiger charge is -2.62. The molecule has 6 rings (SSSR count). The van der Waals surface area contributed by atoms with Crippen LogP contribution in [0.5, 0.6) is 0 Å². The van der Waals surface area contributed by atoms with E-state index in [9.17, 15) is 9.90 Å². The highest BCUT2D eigenvalue weighted by molar-refractivity contribution is 6.31. The van der Waals surface area contributed by atoms with Crippen LogP contribution < -0.4 is 0 Å². The number of pyridine rings is 1. The molecular formula is C33H34ClNO2. The van der Waals surface area contributed by atoms with Crippen molar-refractivity contribution in [2.75, 3.05) is 0 Å². The van der Waals surface area contributed by atoms with E-state index in [-0.39, 0.29) is 11.7 Å². The number of halogens is 1. The highest BCUT2D eigenvalue weighted by atomic mass is 35.5. The molecule has 0 aliphatic heterocycles. The number of aromatic nitrogens is 1. The zero-order valence-electron chi connectivity index (χ0n) is 21.6. The maximum atomic E-state index is 12.3. The van der Waals surface area contributed by atoms with Crippen molar-refractivity contribution in [3.63, 3.8) is 0 Å². The van der Waals surface area contributed by atoms with Gasteiger partial charge in [-0.25, -0.2) is 0 Å². The molecule has 0 bridgehead atoms. The second kappa shape index (κ2) is 9.26. The van der Waals surface area contributed by atoms with Gasteiger partial charge in [-0.1, -0.05) is 66.4 Å². The molecule has 4 aliphatic rings. The molecule has 0 radical (unpaired) electrons. The summed E-state index contributed by atoms with van der Waals surface area (Å²) in [5, 5.41) is 12.5. The van der Waals surface area contributed by atoms with Gasteiger partial charge in [-0.15, -0.1) is 5.92 Å². The summed E-state index contributed by atoms with van der Waals surface area (Å²) >= 11 is 6.75. The monoisotopic (exact) mass is 511 g/mol. The number of carbonyl (C=O) groups is 1. The van der Waals surface area contributed by atoms with Crippen LogP contribution in [0.4, 0.5) is 0 Å². The first-order valence-electron chi connectivity index (χ1n) is 13.6. The summed E-state index contributed by atoms with van der Waals surface area (Å²) in [6.07, 6.45) is 13.0. The van der Waals surface area contributed by atoms with Gasteiger partial charge in [-0.05, 0) is 97.5 Å². The SMILES string of the molecule is CC#C[C@]1(O)C(Cl)=CC[C@H]2[C@@H]3CCC4=CC(=O)CC[C@@H]4[C@H]3[C@@H](c3ccc(-c4cccnc4)cc3)C[C@@]21C. The predicted octanol–water partition coefficient (Wildman–Crippen LogP) is 7.07. The van der Waals surface area contributed by atoms with Crippen molar-refractivity contribution >= 4 is 17.4 Å². The van der Waals surface area contributed by atoms with E-state index < -0.39 is 11.0 Å². The normalized spacial score (nSPS) is 36.6. The molecule has 2 fully saturated rings. The van der Waals surface area contributed by atoms with Crippen LogP contribution in [0.1, 0.15) is 63.9 Å². The van der Waals surface area contributed by atoms with Gasteiger partial charge in [0.2, 0.25) is 0 Å².